The molecule has 1 heterocycles. The van der Waals surface area contributed by atoms with Gasteiger partial charge in [0.1, 0.15) is 11.4 Å². The van der Waals surface area contributed by atoms with Gasteiger partial charge in [-0.05, 0) is 50.6 Å². The van der Waals surface area contributed by atoms with Crippen LogP contribution in [0.2, 0.25) is 0 Å². The number of Topliss-reactive ketones (excluding diaryl/α,β-unsaturated/α-hetero) is 1. The molecule has 2 rings (SSSR count). The number of nitrogens with one attached hydrogen (secondary N) is 1. The predicted molar refractivity (Wildman–Crippen MR) is 93.9 cm³/mol. The van der Waals surface area contributed by atoms with E-state index in [1.54, 1.807) is 13.8 Å². The maximum atomic E-state index is 12.4. The number of aryl methyl sites for hydroxylation is 1. The Morgan fingerprint density at radius 2 is 1.64 bits per heavy atom. The van der Waals surface area contributed by atoms with Gasteiger partial charge in [0.05, 0.1) is 12.7 Å². The van der Waals surface area contributed by atoms with Crippen LogP contribution in [0.5, 0.6) is 5.75 Å². The minimum Gasteiger partial charge on any atom is -0.465 e. The zero-order valence-corrected chi connectivity index (χ0v) is 15.7. The van der Waals surface area contributed by atoms with Crippen LogP contribution in [0.1, 0.15) is 49.4 Å². The van der Waals surface area contributed by atoms with Crippen molar-refractivity contribution in [2.45, 2.75) is 33.5 Å². The van der Waals surface area contributed by atoms with Gasteiger partial charge in [0.25, 0.3) is 0 Å². The summed E-state index contributed by atoms with van der Waals surface area (Å²) in [5.74, 6) is -2.02. The molecular weight excluding hydrogens is 376 g/mol. The van der Waals surface area contributed by atoms with Gasteiger partial charge in [-0.2, -0.15) is 8.78 Å². The molecular formula is C19H19F2NO6. The molecule has 150 valence electrons. The molecule has 0 aliphatic rings. The number of hydrogen-bond donors (Lipinski definition) is 1. The molecule has 0 radical (unpaired) electrons. The van der Waals surface area contributed by atoms with Gasteiger partial charge in [-0.1, -0.05) is 0 Å². The number of aromatic nitrogens is 1. The second-order valence-corrected chi connectivity index (χ2v) is 5.93. The third-order valence-electron chi connectivity index (χ3n) is 4.05. The third-order valence-corrected chi connectivity index (χ3v) is 4.05. The van der Waals surface area contributed by atoms with Crippen molar-refractivity contribution in [2.24, 2.45) is 0 Å². The van der Waals surface area contributed by atoms with Crippen LogP contribution >= 0.6 is 0 Å². The summed E-state index contributed by atoms with van der Waals surface area (Å²) in [5.41, 5.74) is 1.21. The molecule has 0 aliphatic carbocycles. The molecule has 0 saturated carbocycles. The normalized spacial score (nSPS) is 11.8. The molecule has 9 heteroatoms. The van der Waals surface area contributed by atoms with E-state index in [1.807, 2.05) is 0 Å². The number of benzene rings is 1. The first-order valence-corrected chi connectivity index (χ1v) is 8.23. The Kier molecular flexibility index (Phi) is 6.50. The van der Waals surface area contributed by atoms with E-state index in [0.29, 0.717) is 11.3 Å². The molecule has 28 heavy (non-hydrogen) atoms. The molecule has 2 aromatic rings. The maximum absolute atomic E-state index is 12.4. The number of aromatic amines is 1. The van der Waals surface area contributed by atoms with Gasteiger partial charge in [0.2, 0.25) is 5.78 Å². The maximum Gasteiger partial charge on any atom is 0.387 e. The number of hydrogen-bond acceptors (Lipinski definition) is 6. The summed E-state index contributed by atoms with van der Waals surface area (Å²) < 4.78 is 38.4. The highest BCUT2D eigenvalue weighted by Crippen LogP contribution is 2.21. The minimum atomic E-state index is -2.97. The highest BCUT2D eigenvalue weighted by molar-refractivity contribution is 6.02. The first-order chi connectivity index (χ1) is 13.1. The van der Waals surface area contributed by atoms with Crippen molar-refractivity contribution in [1.82, 2.24) is 4.98 Å². The summed E-state index contributed by atoms with van der Waals surface area (Å²) in [7, 11) is 1.23. The fourth-order valence-corrected chi connectivity index (χ4v) is 2.67. The predicted octanol–water partition coefficient (Wildman–Crippen LogP) is 3.45. The topological polar surface area (TPSA) is 94.7 Å². The van der Waals surface area contributed by atoms with Crippen LogP contribution in [-0.4, -0.2) is 42.5 Å². The quantitative estimate of drug-likeness (QED) is 0.570. The smallest absolute Gasteiger partial charge is 0.387 e. The van der Waals surface area contributed by atoms with Gasteiger partial charge >= 0.3 is 18.6 Å². The molecule has 0 spiro atoms. The fourth-order valence-electron chi connectivity index (χ4n) is 2.67. The van der Waals surface area contributed by atoms with Crippen LogP contribution in [-0.2, 0) is 9.47 Å². The Labute approximate surface area is 159 Å². The number of alkyl halides is 2. The summed E-state index contributed by atoms with van der Waals surface area (Å²) in [4.78, 5) is 39.4. The number of esters is 2. The average molecular weight is 395 g/mol. The Balaban J connectivity index is 2.12. The SMILES string of the molecule is COC(=O)c1c(C)[nH]c(C(=O)OC(C)C(=O)c2ccc(OC(F)F)cc2)c1C. The van der Waals surface area contributed by atoms with E-state index in [4.69, 9.17) is 4.74 Å². The lowest BCUT2D eigenvalue weighted by Gasteiger charge is -2.13. The first-order valence-electron chi connectivity index (χ1n) is 8.23. The summed E-state index contributed by atoms with van der Waals surface area (Å²) in [6.07, 6.45) is -1.14. The van der Waals surface area contributed by atoms with Gasteiger partial charge in [-0.15, -0.1) is 0 Å². The van der Waals surface area contributed by atoms with E-state index >= 15 is 0 Å². The fraction of sp³-hybridized carbons (Fsp3) is 0.316. The minimum absolute atomic E-state index is 0.0400. The highest BCUT2D eigenvalue weighted by atomic mass is 19.3. The number of ether oxygens (including phenoxy) is 3. The number of carbonyl (C=O) groups is 3. The lowest BCUT2D eigenvalue weighted by molar-refractivity contribution is -0.0498. The number of methoxy groups -OCH3 is 1. The lowest BCUT2D eigenvalue weighted by atomic mass is 10.1. The van der Waals surface area contributed by atoms with Crippen molar-refractivity contribution in [3.63, 3.8) is 0 Å². The van der Waals surface area contributed by atoms with E-state index in [0.717, 1.165) is 0 Å². The molecule has 0 saturated heterocycles. The Morgan fingerprint density at radius 1 is 1.04 bits per heavy atom. The van der Waals surface area contributed by atoms with Crippen LogP contribution in [0.25, 0.3) is 0 Å². The lowest BCUT2D eigenvalue weighted by Crippen LogP contribution is -2.25. The summed E-state index contributed by atoms with van der Waals surface area (Å²) in [6, 6.07) is 5.03. The molecule has 1 atom stereocenters. The monoisotopic (exact) mass is 395 g/mol. The van der Waals surface area contributed by atoms with Crippen molar-refractivity contribution in [3.05, 3.63) is 52.3 Å². The Hall–Kier alpha value is -3.23. The number of ketones is 1. The van der Waals surface area contributed by atoms with Gasteiger partial charge < -0.3 is 19.2 Å². The number of rotatable bonds is 7. The van der Waals surface area contributed by atoms with Gasteiger partial charge in [0.15, 0.2) is 6.10 Å². The van der Waals surface area contributed by atoms with Crippen LogP contribution in [0.15, 0.2) is 24.3 Å². The molecule has 0 fully saturated rings. The van der Waals surface area contributed by atoms with E-state index in [2.05, 4.69) is 14.5 Å². The van der Waals surface area contributed by atoms with Crippen LogP contribution in [0.3, 0.4) is 0 Å². The molecule has 1 N–H and O–H groups in total. The molecule has 1 unspecified atom stereocenters. The van der Waals surface area contributed by atoms with E-state index in [-0.39, 0.29) is 22.6 Å². The van der Waals surface area contributed by atoms with Crippen molar-refractivity contribution in [2.75, 3.05) is 7.11 Å². The second-order valence-electron chi connectivity index (χ2n) is 5.93. The van der Waals surface area contributed by atoms with E-state index in [9.17, 15) is 23.2 Å². The van der Waals surface area contributed by atoms with Crippen molar-refractivity contribution < 1.29 is 37.4 Å². The third kappa shape index (κ3) is 4.54. The molecule has 1 aromatic carbocycles. The van der Waals surface area contributed by atoms with Gasteiger partial charge in [0, 0.05) is 11.3 Å². The average Bonchev–Trinajstić information content (AvgIpc) is 2.95. The standard InChI is InChI=1S/C19H19F2NO6/c1-9-14(17(24)26-4)10(2)22-15(9)18(25)27-11(3)16(23)12-5-7-13(8-6-12)28-19(20)21/h5-8,11,19,22H,1-4H3. The number of H-pyrrole nitrogens is 1. The van der Waals surface area contributed by atoms with Crippen molar-refractivity contribution in [3.8, 4) is 5.75 Å². The zero-order valence-electron chi connectivity index (χ0n) is 15.7. The van der Waals surface area contributed by atoms with Crippen LogP contribution in [0, 0.1) is 13.8 Å². The second kappa shape index (κ2) is 8.64. The number of halogens is 2. The van der Waals surface area contributed by atoms with Gasteiger partial charge in [-0.25, -0.2) is 9.59 Å². The van der Waals surface area contributed by atoms with Crippen molar-refractivity contribution >= 4 is 17.7 Å². The van der Waals surface area contributed by atoms with Crippen molar-refractivity contribution in [1.29, 1.82) is 0 Å². The molecule has 0 bridgehead atoms. The number of carbonyl (C=O) groups excluding carboxylic acids is 3. The van der Waals surface area contributed by atoms with Crippen LogP contribution in [0.4, 0.5) is 8.78 Å². The van der Waals surface area contributed by atoms with E-state index < -0.39 is 30.4 Å². The molecule has 1 aromatic heterocycles. The van der Waals surface area contributed by atoms with Crippen LogP contribution < -0.4 is 4.74 Å². The van der Waals surface area contributed by atoms with E-state index in [1.165, 1.54) is 38.3 Å². The molecule has 7 nitrogen and oxygen atoms in total. The summed E-state index contributed by atoms with van der Waals surface area (Å²) >= 11 is 0. The molecule has 0 amide bonds. The largest absolute Gasteiger partial charge is 0.465 e. The summed E-state index contributed by atoms with van der Waals surface area (Å²) in [5, 5.41) is 0. The summed E-state index contributed by atoms with van der Waals surface area (Å²) in [6.45, 7) is 1.58. The highest BCUT2D eigenvalue weighted by Gasteiger charge is 2.26. The Bertz CT molecular complexity index is 889. The molecule has 0 aliphatic heterocycles. The van der Waals surface area contributed by atoms with Gasteiger partial charge in [-0.3, -0.25) is 4.79 Å². The Morgan fingerprint density at radius 3 is 2.18 bits per heavy atom. The zero-order chi connectivity index (χ0) is 21.0. The first kappa shape index (κ1) is 21.1.